The van der Waals surface area contributed by atoms with Crippen LogP contribution in [0.2, 0.25) is 0 Å². The number of nitrogens with one attached hydrogen (secondary N) is 1. The number of guanidine groups is 1. The monoisotopic (exact) mass is 500 g/mol. The first kappa shape index (κ1) is 23.4. The van der Waals surface area contributed by atoms with E-state index in [0.717, 1.165) is 71.4 Å². The van der Waals surface area contributed by atoms with Crippen LogP contribution in [0, 0.1) is 5.41 Å². The molecular weight excluding hydrogens is 463 g/mol. The smallest absolute Gasteiger partial charge is 0.194 e. The second-order valence-corrected chi connectivity index (χ2v) is 7.87. The molecule has 0 amide bonds. The molecule has 1 aromatic carbocycles. The number of hydrogen-bond donors (Lipinski definition) is 1. The van der Waals surface area contributed by atoms with Crippen molar-refractivity contribution in [1.29, 1.82) is 0 Å². The first-order valence-electron chi connectivity index (χ1n) is 10.6. The van der Waals surface area contributed by atoms with E-state index in [2.05, 4.69) is 59.3 Å². The van der Waals surface area contributed by atoms with Crippen LogP contribution in [0.3, 0.4) is 0 Å². The summed E-state index contributed by atoms with van der Waals surface area (Å²) >= 11 is 0. The molecule has 1 heterocycles. The highest BCUT2D eigenvalue weighted by molar-refractivity contribution is 14.0. The van der Waals surface area contributed by atoms with Crippen LogP contribution in [0.5, 0.6) is 0 Å². The van der Waals surface area contributed by atoms with E-state index >= 15 is 0 Å². The molecule has 0 unspecified atom stereocenters. The van der Waals surface area contributed by atoms with Crippen molar-refractivity contribution in [3.63, 3.8) is 0 Å². The maximum atomic E-state index is 5.56. The Hall–Kier alpha value is -0.860. The zero-order valence-corrected chi connectivity index (χ0v) is 19.9. The summed E-state index contributed by atoms with van der Waals surface area (Å²) < 4.78 is 5.56. The van der Waals surface area contributed by atoms with E-state index < -0.39 is 0 Å². The first-order chi connectivity index (χ1) is 13.2. The van der Waals surface area contributed by atoms with E-state index in [4.69, 9.17) is 9.73 Å². The van der Waals surface area contributed by atoms with Crippen LogP contribution < -0.4 is 5.32 Å². The molecule has 6 heteroatoms. The van der Waals surface area contributed by atoms with E-state index in [0.29, 0.717) is 5.41 Å². The second kappa shape index (κ2) is 12.0. The van der Waals surface area contributed by atoms with Crippen molar-refractivity contribution in [2.45, 2.75) is 39.7 Å². The van der Waals surface area contributed by atoms with Crippen LogP contribution in [0.4, 0.5) is 0 Å². The summed E-state index contributed by atoms with van der Waals surface area (Å²) in [6.07, 6.45) is 3.75. The van der Waals surface area contributed by atoms with Crippen molar-refractivity contribution in [1.82, 2.24) is 15.1 Å². The van der Waals surface area contributed by atoms with Crippen LogP contribution in [0.15, 0.2) is 35.3 Å². The molecule has 1 saturated heterocycles. The van der Waals surface area contributed by atoms with Crippen molar-refractivity contribution in [3.8, 4) is 0 Å². The number of ether oxygens (including phenoxy) is 1. The minimum atomic E-state index is 0. The summed E-state index contributed by atoms with van der Waals surface area (Å²) in [6.45, 7) is 13.1. The predicted octanol–water partition coefficient (Wildman–Crippen LogP) is 3.59. The maximum absolute atomic E-state index is 5.56. The van der Waals surface area contributed by atoms with E-state index in [1.165, 1.54) is 18.4 Å². The molecule has 1 aromatic rings. The predicted molar refractivity (Wildman–Crippen MR) is 127 cm³/mol. The largest absolute Gasteiger partial charge is 0.382 e. The third kappa shape index (κ3) is 7.19. The summed E-state index contributed by atoms with van der Waals surface area (Å²) in [5.41, 5.74) is 1.81. The van der Waals surface area contributed by atoms with Gasteiger partial charge in [0.2, 0.25) is 0 Å². The molecule has 0 bridgehead atoms. The number of aliphatic imine (C=N–C) groups is 1. The van der Waals surface area contributed by atoms with Gasteiger partial charge in [-0.25, -0.2) is 0 Å². The summed E-state index contributed by atoms with van der Waals surface area (Å²) in [5.74, 6) is 1.10. The first-order valence-corrected chi connectivity index (χ1v) is 10.6. The van der Waals surface area contributed by atoms with Gasteiger partial charge in [-0.1, -0.05) is 30.3 Å². The van der Waals surface area contributed by atoms with E-state index in [-0.39, 0.29) is 24.0 Å². The average Bonchev–Trinajstić information content (AvgIpc) is 3.47. The van der Waals surface area contributed by atoms with Crippen molar-refractivity contribution in [2.75, 3.05) is 52.5 Å². The van der Waals surface area contributed by atoms with Crippen LogP contribution in [0.1, 0.15) is 38.7 Å². The minimum Gasteiger partial charge on any atom is -0.382 e. The quantitative estimate of drug-likeness (QED) is 0.244. The summed E-state index contributed by atoms with van der Waals surface area (Å²) in [6, 6.07) is 10.8. The standard InChI is InChI=1S/C22H36N4O.HI/c1-3-23-21(24-19-22(10-11-22)12-17-27-4-2)26-15-13-25(14-16-26)18-20-8-6-5-7-9-20;/h5-9H,3-4,10-19H2,1-2H3,(H,23,24);1H. The van der Waals surface area contributed by atoms with Crippen molar-refractivity contribution >= 4 is 29.9 Å². The molecule has 1 aliphatic carbocycles. The lowest BCUT2D eigenvalue weighted by Gasteiger charge is -2.36. The van der Waals surface area contributed by atoms with Crippen molar-refractivity contribution in [3.05, 3.63) is 35.9 Å². The average molecular weight is 500 g/mol. The molecule has 3 rings (SSSR count). The lowest BCUT2D eigenvalue weighted by atomic mass is 10.0. The molecule has 28 heavy (non-hydrogen) atoms. The lowest BCUT2D eigenvalue weighted by molar-refractivity contribution is 0.129. The highest BCUT2D eigenvalue weighted by Gasteiger charge is 2.42. The maximum Gasteiger partial charge on any atom is 0.194 e. The van der Waals surface area contributed by atoms with Crippen LogP contribution in [-0.2, 0) is 11.3 Å². The highest BCUT2D eigenvalue weighted by atomic mass is 127. The lowest BCUT2D eigenvalue weighted by Crippen LogP contribution is -2.52. The van der Waals surface area contributed by atoms with Gasteiger partial charge in [-0.2, -0.15) is 0 Å². The highest BCUT2D eigenvalue weighted by Crippen LogP contribution is 2.49. The van der Waals surface area contributed by atoms with Crippen LogP contribution in [-0.4, -0.2) is 68.2 Å². The van der Waals surface area contributed by atoms with Crippen LogP contribution in [0.25, 0.3) is 0 Å². The SMILES string of the molecule is CCNC(=NCC1(CCOCC)CC1)N1CCN(Cc2ccccc2)CC1.I. The molecule has 1 aliphatic heterocycles. The number of piperazine rings is 1. The number of hydrogen-bond acceptors (Lipinski definition) is 3. The third-order valence-electron chi connectivity index (χ3n) is 5.76. The fraction of sp³-hybridized carbons (Fsp3) is 0.682. The van der Waals surface area contributed by atoms with Gasteiger partial charge in [0.1, 0.15) is 0 Å². The fourth-order valence-electron chi connectivity index (χ4n) is 3.72. The Balaban J connectivity index is 0.00000280. The topological polar surface area (TPSA) is 40.1 Å². The molecule has 0 aromatic heterocycles. The molecule has 158 valence electrons. The molecule has 2 fully saturated rings. The molecule has 0 radical (unpaired) electrons. The zero-order valence-electron chi connectivity index (χ0n) is 17.5. The third-order valence-corrected chi connectivity index (χ3v) is 5.76. The summed E-state index contributed by atoms with van der Waals surface area (Å²) in [5, 5.41) is 3.51. The molecule has 0 spiro atoms. The van der Waals surface area contributed by atoms with Gasteiger partial charge in [0.05, 0.1) is 0 Å². The Kier molecular flexibility index (Phi) is 10.0. The Labute approximate surface area is 187 Å². The summed E-state index contributed by atoms with van der Waals surface area (Å²) in [7, 11) is 0. The van der Waals surface area contributed by atoms with Gasteiger partial charge in [0, 0.05) is 59.0 Å². The Morgan fingerprint density at radius 3 is 2.43 bits per heavy atom. The van der Waals surface area contributed by atoms with Gasteiger partial charge >= 0.3 is 0 Å². The van der Waals surface area contributed by atoms with Gasteiger partial charge in [0.25, 0.3) is 0 Å². The van der Waals surface area contributed by atoms with Gasteiger partial charge in [-0.15, -0.1) is 24.0 Å². The number of rotatable bonds is 9. The van der Waals surface area contributed by atoms with Gasteiger partial charge in [-0.3, -0.25) is 9.89 Å². The van der Waals surface area contributed by atoms with E-state index in [1.807, 2.05) is 0 Å². The molecule has 5 nitrogen and oxygen atoms in total. The number of benzene rings is 1. The van der Waals surface area contributed by atoms with Crippen molar-refractivity contribution < 1.29 is 4.74 Å². The summed E-state index contributed by atoms with van der Waals surface area (Å²) in [4.78, 5) is 9.99. The van der Waals surface area contributed by atoms with Crippen LogP contribution >= 0.6 is 24.0 Å². The Bertz CT molecular complexity index is 583. The molecule has 1 saturated carbocycles. The molecular formula is C22H37IN4O. The Morgan fingerprint density at radius 1 is 1.11 bits per heavy atom. The molecule has 2 aliphatic rings. The van der Waals surface area contributed by atoms with Gasteiger partial charge < -0.3 is 15.0 Å². The second-order valence-electron chi connectivity index (χ2n) is 7.87. The molecule has 1 N–H and O–H groups in total. The number of nitrogens with zero attached hydrogens (tertiary/aromatic N) is 3. The normalized spacial score (nSPS) is 19.2. The minimum absolute atomic E-state index is 0. The number of halogens is 1. The fourth-order valence-corrected chi connectivity index (χ4v) is 3.72. The van der Waals surface area contributed by atoms with E-state index in [1.54, 1.807) is 0 Å². The van der Waals surface area contributed by atoms with Gasteiger partial charge in [0.15, 0.2) is 5.96 Å². The Morgan fingerprint density at radius 2 is 1.82 bits per heavy atom. The van der Waals surface area contributed by atoms with Crippen molar-refractivity contribution in [2.24, 2.45) is 10.4 Å². The van der Waals surface area contributed by atoms with Gasteiger partial charge in [-0.05, 0) is 44.1 Å². The zero-order chi connectivity index (χ0) is 19.0. The van der Waals surface area contributed by atoms with E-state index in [9.17, 15) is 0 Å². The molecule has 0 atom stereocenters.